The lowest BCUT2D eigenvalue weighted by Crippen LogP contribution is -2.21. The number of hydrogen-bond acceptors (Lipinski definition) is 4. The van der Waals surface area contributed by atoms with E-state index < -0.39 is 0 Å². The summed E-state index contributed by atoms with van der Waals surface area (Å²) in [5, 5.41) is 19.3. The molecular formula is C12H18N2O2. The van der Waals surface area contributed by atoms with E-state index >= 15 is 0 Å². The lowest BCUT2D eigenvalue weighted by molar-refractivity contribution is 0.198. The molecule has 2 rings (SSSR count). The van der Waals surface area contributed by atoms with Crippen LogP contribution in [-0.4, -0.2) is 29.4 Å². The number of aliphatic hydroxyl groups excluding tert-OH is 1. The van der Waals surface area contributed by atoms with Gasteiger partial charge in [0.1, 0.15) is 5.75 Å². The quantitative estimate of drug-likeness (QED) is 0.697. The van der Waals surface area contributed by atoms with Crippen LogP contribution in [-0.2, 0) is 0 Å². The predicted octanol–water partition coefficient (Wildman–Crippen LogP) is 0.983. The lowest BCUT2D eigenvalue weighted by atomic mass is 10.1. The highest BCUT2D eigenvalue weighted by Crippen LogP contribution is 2.29. The highest BCUT2D eigenvalue weighted by Gasteiger charge is 2.21. The van der Waals surface area contributed by atoms with Crippen LogP contribution < -0.4 is 10.6 Å². The van der Waals surface area contributed by atoms with Gasteiger partial charge in [-0.3, -0.25) is 0 Å². The first kappa shape index (κ1) is 11.2. The summed E-state index contributed by atoms with van der Waals surface area (Å²) in [7, 11) is 0. The summed E-state index contributed by atoms with van der Waals surface area (Å²) >= 11 is 0. The number of aliphatic hydroxyl groups is 1. The van der Waals surface area contributed by atoms with Crippen LogP contribution in [0.25, 0.3) is 0 Å². The zero-order chi connectivity index (χ0) is 11.7. The van der Waals surface area contributed by atoms with Crippen LogP contribution in [0.5, 0.6) is 5.75 Å². The Morgan fingerprint density at radius 3 is 2.75 bits per heavy atom. The van der Waals surface area contributed by atoms with Crippen molar-refractivity contribution in [3.63, 3.8) is 0 Å². The molecule has 4 N–H and O–H groups in total. The highest BCUT2D eigenvalue weighted by molar-refractivity contribution is 5.54. The molecule has 0 radical (unpaired) electrons. The number of hydrogen-bond donors (Lipinski definition) is 3. The number of anilines is 1. The molecule has 0 amide bonds. The standard InChI is InChI=1S/C12H18N2O2/c1-8(13)11-3-2-9(6-12(11)16)14-5-4-10(15)7-14/h2-3,6,8,10,15-16H,4-5,7,13H2,1H3. The van der Waals surface area contributed by atoms with Crippen LogP contribution in [0.4, 0.5) is 5.69 Å². The Labute approximate surface area is 95.3 Å². The van der Waals surface area contributed by atoms with Gasteiger partial charge >= 0.3 is 0 Å². The maximum atomic E-state index is 9.82. The van der Waals surface area contributed by atoms with Gasteiger partial charge in [-0.1, -0.05) is 6.07 Å². The van der Waals surface area contributed by atoms with E-state index in [1.807, 2.05) is 19.1 Å². The number of benzene rings is 1. The molecule has 16 heavy (non-hydrogen) atoms. The van der Waals surface area contributed by atoms with Crippen molar-refractivity contribution in [2.75, 3.05) is 18.0 Å². The van der Waals surface area contributed by atoms with E-state index in [4.69, 9.17) is 5.73 Å². The van der Waals surface area contributed by atoms with E-state index in [1.54, 1.807) is 6.07 Å². The number of phenolic OH excluding ortho intramolecular Hbond substituents is 1. The molecule has 0 spiro atoms. The third-order valence-electron chi connectivity index (χ3n) is 3.03. The lowest BCUT2D eigenvalue weighted by Gasteiger charge is -2.19. The molecule has 0 aromatic heterocycles. The fourth-order valence-corrected chi connectivity index (χ4v) is 2.09. The van der Waals surface area contributed by atoms with Crippen molar-refractivity contribution in [3.8, 4) is 5.75 Å². The second-order valence-electron chi connectivity index (χ2n) is 4.42. The zero-order valence-electron chi connectivity index (χ0n) is 9.43. The van der Waals surface area contributed by atoms with Crippen molar-refractivity contribution in [2.45, 2.75) is 25.5 Å². The first-order valence-electron chi connectivity index (χ1n) is 5.59. The zero-order valence-corrected chi connectivity index (χ0v) is 9.43. The van der Waals surface area contributed by atoms with E-state index in [-0.39, 0.29) is 17.9 Å². The van der Waals surface area contributed by atoms with Crippen LogP contribution >= 0.6 is 0 Å². The number of β-amino-alcohol motifs (C(OH)–C–C–N with tert-alkyl or cyclic N) is 1. The first-order valence-corrected chi connectivity index (χ1v) is 5.59. The van der Waals surface area contributed by atoms with Gasteiger partial charge in [0.2, 0.25) is 0 Å². The summed E-state index contributed by atoms with van der Waals surface area (Å²) in [6.07, 6.45) is 0.533. The molecule has 1 aliphatic rings. The molecule has 1 aromatic rings. The molecule has 1 heterocycles. The summed E-state index contributed by atoms with van der Waals surface area (Å²) in [6.45, 7) is 3.31. The van der Waals surface area contributed by atoms with Crippen LogP contribution in [0.2, 0.25) is 0 Å². The Morgan fingerprint density at radius 1 is 1.50 bits per heavy atom. The normalized spacial score (nSPS) is 22.4. The number of aromatic hydroxyl groups is 1. The van der Waals surface area contributed by atoms with Crippen LogP contribution in [0, 0.1) is 0 Å². The van der Waals surface area contributed by atoms with E-state index in [9.17, 15) is 10.2 Å². The summed E-state index contributed by atoms with van der Waals surface area (Å²) in [5.41, 5.74) is 7.42. The van der Waals surface area contributed by atoms with E-state index in [2.05, 4.69) is 4.90 Å². The maximum Gasteiger partial charge on any atom is 0.122 e. The van der Waals surface area contributed by atoms with E-state index in [0.29, 0.717) is 6.54 Å². The SMILES string of the molecule is CC(N)c1ccc(N2CCC(O)C2)cc1O. The minimum absolute atomic E-state index is 0.168. The molecule has 1 saturated heterocycles. The van der Waals surface area contributed by atoms with Crippen molar-refractivity contribution in [3.05, 3.63) is 23.8 Å². The maximum absolute atomic E-state index is 9.82. The minimum Gasteiger partial charge on any atom is -0.508 e. The van der Waals surface area contributed by atoms with Gasteiger partial charge in [0, 0.05) is 36.4 Å². The van der Waals surface area contributed by atoms with E-state index in [0.717, 1.165) is 24.2 Å². The highest BCUT2D eigenvalue weighted by atomic mass is 16.3. The summed E-state index contributed by atoms with van der Waals surface area (Å²) in [5.74, 6) is 0.230. The molecule has 88 valence electrons. The molecular weight excluding hydrogens is 204 g/mol. The van der Waals surface area contributed by atoms with Crippen molar-refractivity contribution in [1.29, 1.82) is 0 Å². The van der Waals surface area contributed by atoms with Crippen LogP contribution in [0.3, 0.4) is 0 Å². The van der Waals surface area contributed by atoms with Crippen LogP contribution in [0.1, 0.15) is 24.9 Å². The molecule has 2 atom stereocenters. The van der Waals surface area contributed by atoms with Crippen molar-refractivity contribution in [1.82, 2.24) is 0 Å². The fraction of sp³-hybridized carbons (Fsp3) is 0.500. The molecule has 4 nitrogen and oxygen atoms in total. The summed E-state index contributed by atoms with van der Waals surface area (Å²) in [6, 6.07) is 5.34. The van der Waals surface area contributed by atoms with Gasteiger partial charge in [-0.05, 0) is 19.4 Å². The second kappa shape index (κ2) is 4.31. The Morgan fingerprint density at radius 2 is 2.25 bits per heavy atom. The van der Waals surface area contributed by atoms with Crippen molar-refractivity contribution < 1.29 is 10.2 Å². The number of nitrogens with two attached hydrogens (primary N) is 1. The number of rotatable bonds is 2. The molecule has 0 bridgehead atoms. The van der Waals surface area contributed by atoms with Gasteiger partial charge in [-0.25, -0.2) is 0 Å². The average Bonchev–Trinajstić information content (AvgIpc) is 2.64. The van der Waals surface area contributed by atoms with Gasteiger partial charge in [0.25, 0.3) is 0 Å². The molecule has 0 aliphatic carbocycles. The second-order valence-corrected chi connectivity index (χ2v) is 4.42. The fourth-order valence-electron chi connectivity index (χ4n) is 2.09. The number of phenols is 1. The van der Waals surface area contributed by atoms with E-state index in [1.165, 1.54) is 0 Å². The van der Waals surface area contributed by atoms with Gasteiger partial charge < -0.3 is 20.8 Å². The van der Waals surface area contributed by atoms with Gasteiger partial charge in [-0.15, -0.1) is 0 Å². The summed E-state index contributed by atoms with van der Waals surface area (Å²) in [4.78, 5) is 2.06. The van der Waals surface area contributed by atoms with Crippen LogP contribution in [0.15, 0.2) is 18.2 Å². The first-order chi connectivity index (χ1) is 7.58. The Balaban J connectivity index is 2.21. The Bertz CT molecular complexity index is 379. The molecule has 1 aliphatic heterocycles. The van der Waals surface area contributed by atoms with Gasteiger partial charge in [0.15, 0.2) is 0 Å². The molecule has 4 heteroatoms. The molecule has 2 unspecified atom stereocenters. The monoisotopic (exact) mass is 222 g/mol. The Kier molecular flexibility index (Phi) is 3.03. The summed E-state index contributed by atoms with van der Waals surface area (Å²) < 4.78 is 0. The smallest absolute Gasteiger partial charge is 0.122 e. The topological polar surface area (TPSA) is 69.7 Å². The third-order valence-corrected chi connectivity index (χ3v) is 3.03. The third kappa shape index (κ3) is 2.13. The largest absolute Gasteiger partial charge is 0.508 e. The predicted molar refractivity (Wildman–Crippen MR) is 63.5 cm³/mol. The molecule has 1 fully saturated rings. The number of nitrogens with zero attached hydrogens (tertiary/aromatic N) is 1. The minimum atomic E-state index is -0.254. The van der Waals surface area contributed by atoms with Gasteiger partial charge in [0.05, 0.1) is 6.10 Å². The average molecular weight is 222 g/mol. The molecule has 1 aromatic carbocycles. The van der Waals surface area contributed by atoms with Gasteiger partial charge in [-0.2, -0.15) is 0 Å². The molecule has 0 saturated carbocycles. The van der Waals surface area contributed by atoms with Crippen molar-refractivity contribution in [2.24, 2.45) is 5.73 Å². The Hall–Kier alpha value is -1.26. The van der Waals surface area contributed by atoms with Crippen molar-refractivity contribution >= 4 is 5.69 Å².